The highest BCUT2D eigenvalue weighted by Crippen LogP contribution is 2.19. The molecule has 3 heteroatoms. The van der Waals surface area contributed by atoms with Crippen LogP contribution in [-0.2, 0) is 6.54 Å². The molecule has 0 radical (unpaired) electrons. The summed E-state index contributed by atoms with van der Waals surface area (Å²) < 4.78 is 1.17. The van der Waals surface area contributed by atoms with Crippen LogP contribution in [0.5, 0.6) is 0 Å². The molecule has 1 unspecified atom stereocenters. The van der Waals surface area contributed by atoms with Gasteiger partial charge in [-0.3, -0.25) is 0 Å². The zero-order valence-corrected chi connectivity index (χ0v) is 10.1. The van der Waals surface area contributed by atoms with Crippen LogP contribution < -0.4 is 5.32 Å². The molecule has 0 bridgehead atoms. The lowest BCUT2D eigenvalue weighted by atomic mass is 10.2. The zero-order valence-electron chi connectivity index (χ0n) is 7.72. The molecule has 0 aliphatic carbocycles. The lowest BCUT2D eigenvalue weighted by Crippen LogP contribution is -2.24. The Balaban J connectivity index is 2.30. The first-order valence-electron chi connectivity index (χ1n) is 4.29. The van der Waals surface area contributed by atoms with Gasteiger partial charge in [0.05, 0.1) is 0 Å². The van der Waals surface area contributed by atoms with Gasteiger partial charge < -0.3 is 5.32 Å². The fourth-order valence-electron chi connectivity index (χ4n) is 1.05. The number of nitrogens with one attached hydrogen (secondary N) is 1. The molecule has 1 N–H and O–H groups in total. The van der Waals surface area contributed by atoms with E-state index >= 15 is 0 Å². The third-order valence-electron chi connectivity index (χ3n) is 1.77. The monoisotopic (exact) mass is 259 g/mol. The van der Waals surface area contributed by atoms with Crippen LogP contribution in [0.1, 0.15) is 18.2 Å². The molecule has 0 spiro atoms. The molecule has 1 rings (SSSR count). The van der Waals surface area contributed by atoms with Gasteiger partial charge in [-0.2, -0.15) is 0 Å². The first kappa shape index (κ1) is 11.0. The van der Waals surface area contributed by atoms with Crippen molar-refractivity contribution < 1.29 is 0 Å². The molecule has 13 heavy (non-hydrogen) atoms. The van der Waals surface area contributed by atoms with E-state index in [4.69, 9.17) is 0 Å². The largest absolute Gasteiger partial charge is 0.309 e. The molecule has 72 valence electrons. The molecule has 0 aromatic carbocycles. The van der Waals surface area contributed by atoms with E-state index < -0.39 is 0 Å². The van der Waals surface area contributed by atoms with Crippen molar-refractivity contribution in [2.45, 2.75) is 25.9 Å². The molecule has 1 aromatic heterocycles. The van der Waals surface area contributed by atoms with Gasteiger partial charge in [0.1, 0.15) is 0 Å². The van der Waals surface area contributed by atoms with Crippen molar-refractivity contribution in [3.05, 3.63) is 33.5 Å². The quantitative estimate of drug-likeness (QED) is 0.798. The number of hydrogen-bond acceptors (Lipinski definition) is 2. The number of thiophene rings is 1. The van der Waals surface area contributed by atoms with E-state index in [0.29, 0.717) is 6.04 Å². The molecule has 0 aliphatic heterocycles. The average Bonchev–Trinajstić information content (AvgIpc) is 2.49. The molecule has 0 fully saturated rings. The molecule has 1 heterocycles. The second-order valence-corrected chi connectivity index (χ2v) is 4.95. The van der Waals surface area contributed by atoms with Crippen molar-refractivity contribution in [3.63, 3.8) is 0 Å². The van der Waals surface area contributed by atoms with Gasteiger partial charge in [-0.05, 0) is 35.3 Å². The topological polar surface area (TPSA) is 12.0 Å². The number of hydrogen-bond donors (Lipinski definition) is 1. The van der Waals surface area contributed by atoms with Gasteiger partial charge in [-0.15, -0.1) is 17.9 Å². The maximum absolute atomic E-state index is 3.71. The van der Waals surface area contributed by atoms with Crippen LogP contribution in [0.4, 0.5) is 0 Å². The molecular formula is C10H14BrNS. The standard InChI is InChI=1S/C10H14BrNS/c1-3-4-8(2)12-6-10-5-9(11)7-13-10/h3,5,7-8,12H,1,4,6H2,2H3. The van der Waals surface area contributed by atoms with E-state index in [1.54, 1.807) is 11.3 Å². The van der Waals surface area contributed by atoms with E-state index in [2.05, 4.69) is 46.2 Å². The van der Waals surface area contributed by atoms with Gasteiger partial charge in [0.2, 0.25) is 0 Å². The Hall–Kier alpha value is -0.120. The van der Waals surface area contributed by atoms with Crippen LogP contribution in [0, 0.1) is 0 Å². The van der Waals surface area contributed by atoms with Crippen molar-refractivity contribution in [2.75, 3.05) is 0 Å². The minimum atomic E-state index is 0.512. The first-order chi connectivity index (χ1) is 6.22. The van der Waals surface area contributed by atoms with Crippen LogP contribution in [-0.4, -0.2) is 6.04 Å². The smallest absolute Gasteiger partial charge is 0.0302 e. The van der Waals surface area contributed by atoms with Crippen molar-refractivity contribution in [1.82, 2.24) is 5.32 Å². The summed E-state index contributed by atoms with van der Waals surface area (Å²) in [4.78, 5) is 1.36. The van der Waals surface area contributed by atoms with Gasteiger partial charge in [0.15, 0.2) is 0 Å². The molecule has 0 saturated heterocycles. The summed E-state index contributed by atoms with van der Waals surface area (Å²) in [5.74, 6) is 0. The van der Waals surface area contributed by atoms with Gasteiger partial charge in [-0.1, -0.05) is 6.08 Å². The highest BCUT2D eigenvalue weighted by molar-refractivity contribution is 9.10. The summed E-state index contributed by atoms with van der Waals surface area (Å²) in [7, 11) is 0. The highest BCUT2D eigenvalue weighted by Gasteiger charge is 2.00. The predicted molar refractivity (Wildman–Crippen MR) is 63.1 cm³/mol. The third-order valence-corrected chi connectivity index (χ3v) is 3.46. The molecule has 0 saturated carbocycles. The summed E-state index contributed by atoms with van der Waals surface area (Å²) in [5, 5.41) is 5.54. The second kappa shape index (κ2) is 5.58. The van der Waals surface area contributed by atoms with Crippen LogP contribution in [0.25, 0.3) is 0 Å². The van der Waals surface area contributed by atoms with Gasteiger partial charge in [-0.25, -0.2) is 0 Å². The molecule has 0 amide bonds. The summed E-state index contributed by atoms with van der Waals surface area (Å²) in [6.45, 7) is 6.84. The van der Waals surface area contributed by atoms with E-state index in [1.807, 2.05) is 6.08 Å². The molecule has 0 aliphatic rings. The highest BCUT2D eigenvalue weighted by atomic mass is 79.9. The zero-order chi connectivity index (χ0) is 9.68. The van der Waals surface area contributed by atoms with Crippen LogP contribution in [0.15, 0.2) is 28.6 Å². The summed E-state index contributed by atoms with van der Waals surface area (Å²) in [5.41, 5.74) is 0. The lowest BCUT2D eigenvalue weighted by Gasteiger charge is -2.09. The third kappa shape index (κ3) is 4.07. The van der Waals surface area contributed by atoms with Gasteiger partial charge in [0, 0.05) is 27.3 Å². The fourth-order valence-corrected chi connectivity index (χ4v) is 2.46. The molecular weight excluding hydrogens is 246 g/mol. The van der Waals surface area contributed by atoms with Crippen molar-refractivity contribution in [2.24, 2.45) is 0 Å². The molecule has 1 aromatic rings. The Bertz CT molecular complexity index is 270. The minimum Gasteiger partial charge on any atom is -0.309 e. The Morgan fingerprint density at radius 3 is 3.08 bits per heavy atom. The molecule has 1 atom stereocenters. The lowest BCUT2D eigenvalue weighted by molar-refractivity contribution is 0.557. The Morgan fingerprint density at radius 1 is 1.77 bits per heavy atom. The van der Waals surface area contributed by atoms with Gasteiger partial charge in [0.25, 0.3) is 0 Å². The SMILES string of the molecule is C=CCC(C)NCc1cc(Br)cs1. The Labute approximate surface area is 92.0 Å². The normalized spacial score (nSPS) is 12.8. The van der Waals surface area contributed by atoms with Crippen molar-refractivity contribution in [3.8, 4) is 0 Å². The van der Waals surface area contributed by atoms with Crippen molar-refractivity contribution >= 4 is 27.3 Å². The molecule has 1 nitrogen and oxygen atoms in total. The average molecular weight is 260 g/mol. The van der Waals surface area contributed by atoms with E-state index in [-0.39, 0.29) is 0 Å². The van der Waals surface area contributed by atoms with E-state index in [0.717, 1.165) is 13.0 Å². The number of rotatable bonds is 5. The minimum absolute atomic E-state index is 0.512. The van der Waals surface area contributed by atoms with Crippen LogP contribution in [0.2, 0.25) is 0 Å². The maximum Gasteiger partial charge on any atom is 0.0302 e. The Kier molecular flexibility index (Phi) is 4.70. The summed E-state index contributed by atoms with van der Waals surface area (Å²) >= 11 is 5.21. The van der Waals surface area contributed by atoms with Crippen LogP contribution >= 0.6 is 27.3 Å². The van der Waals surface area contributed by atoms with Gasteiger partial charge >= 0.3 is 0 Å². The predicted octanol–water partition coefficient (Wildman–Crippen LogP) is 3.56. The first-order valence-corrected chi connectivity index (χ1v) is 5.97. The van der Waals surface area contributed by atoms with Crippen LogP contribution in [0.3, 0.4) is 0 Å². The summed E-state index contributed by atoms with van der Waals surface area (Å²) in [6.07, 6.45) is 2.97. The van der Waals surface area contributed by atoms with Crippen molar-refractivity contribution in [1.29, 1.82) is 0 Å². The van der Waals surface area contributed by atoms with E-state index in [9.17, 15) is 0 Å². The number of halogens is 1. The fraction of sp³-hybridized carbons (Fsp3) is 0.400. The van der Waals surface area contributed by atoms with E-state index in [1.165, 1.54) is 9.35 Å². The second-order valence-electron chi connectivity index (χ2n) is 3.04. The summed E-state index contributed by atoms with van der Waals surface area (Å²) in [6, 6.07) is 2.66. The maximum atomic E-state index is 3.71. The Morgan fingerprint density at radius 2 is 2.54 bits per heavy atom.